The smallest absolute Gasteiger partial charge is 0.144 e. The highest BCUT2D eigenvalue weighted by Gasteiger charge is 2.19. The third kappa shape index (κ3) is 4.98. The molecule has 264 valence electrons. The van der Waals surface area contributed by atoms with E-state index in [-0.39, 0.29) is 0 Å². The van der Waals surface area contributed by atoms with Crippen molar-refractivity contribution in [1.82, 2.24) is 15.0 Å². The number of fused-ring (bicyclic) bond motifs is 11. The molecule has 0 saturated carbocycles. The van der Waals surface area contributed by atoms with Gasteiger partial charge in [0.25, 0.3) is 0 Å². The van der Waals surface area contributed by atoms with Crippen LogP contribution in [0, 0.1) is 0 Å². The fourth-order valence-electron chi connectivity index (χ4n) is 8.71. The predicted molar refractivity (Wildman–Crippen MR) is 236 cm³/mol. The molecule has 0 bridgehead atoms. The van der Waals surface area contributed by atoms with Crippen LogP contribution in [0.25, 0.3) is 121 Å². The van der Waals surface area contributed by atoms with Crippen LogP contribution in [0.5, 0.6) is 0 Å². The van der Waals surface area contributed by atoms with Gasteiger partial charge in [-0.1, -0.05) is 152 Å². The zero-order valence-corrected chi connectivity index (χ0v) is 30.6. The molecule has 8 aromatic carbocycles. The van der Waals surface area contributed by atoms with E-state index in [0.717, 1.165) is 116 Å². The van der Waals surface area contributed by atoms with Gasteiger partial charge in [-0.15, -0.1) is 0 Å². The van der Waals surface area contributed by atoms with E-state index >= 15 is 0 Å². The maximum atomic E-state index is 6.78. The highest BCUT2D eigenvalue weighted by Crippen LogP contribution is 2.43. The first-order valence-electron chi connectivity index (χ1n) is 19.3. The highest BCUT2D eigenvalue weighted by atomic mass is 16.3. The number of hydrogen-bond acceptors (Lipinski definition) is 4. The van der Waals surface area contributed by atoms with E-state index in [1.165, 1.54) is 5.39 Å². The fourth-order valence-corrected chi connectivity index (χ4v) is 8.71. The van der Waals surface area contributed by atoms with E-state index in [1.807, 2.05) is 30.3 Å². The number of nitrogens with zero attached hydrogens (tertiary/aromatic N) is 3. The summed E-state index contributed by atoms with van der Waals surface area (Å²) >= 11 is 0. The quantitative estimate of drug-likeness (QED) is 0.170. The van der Waals surface area contributed by atoms with Crippen molar-refractivity contribution in [2.75, 3.05) is 0 Å². The molecule has 0 unspecified atom stereocenters. The lowest BCUT2D eigenvalue weighted by Crippen LogP contribution is -1.92. The van der Waals surface area contributed by atoms with Gasteiger partial charge in [0.15, 0.2) is 0 Å². The molecule has 0 amide bonds. The van der Waals surface area contributed by atoms with Gasteiger partial charge in [0.1, 0.15) is 11.2 Å². The van der Waals surface area contributed by atoms with Crippen molar-refractivity contribution in [3.63, 3.8) is 0 Å². The fraction of sp³-hybridized carbons (Fsp3) is 0. The van der Waals surface area contributed by atoms with Gasteiger partial charge < -0.3 is 4.42 Å². The van der Waals surface area contributed by atoms with Gasteiger partial charge in [0, 0.05) is 54.4 Å². The molecule has 4 aromatic heterocycles. The Morgan fingerprint density at radius 1 is 0.351 bits per heavy atom. The molecule has 4 heteroatoms. The van der Waals surface area contributed by atoms with Gasteiger partial charge in [-0.05, 0) is 58.3 Å². The average Bonchev–Trinajstić information content (AvgIpc) is 3.66. The Bertz CT molecular complexity index is 3570. The van der Waals surface area contributed by atoms with E-state index in [9.17, 15) is 0 Å². The number of rotatable bonds is 4. The Balaban J connectivity index is 1.02. The van der Waals surface area contributed by atoms with Crippen molar-refractivity contribution in [2.45, 2.75) is 0 Å². The molecule has 4 nitrogen and oxygen atoms in total. The maximum absolute atomic E-state index is 6.78. The summed E-state index contributed by atoms with van der Waals surface area (Å²) in [6, 6.07) is 66.0. The number of furan rings is 1. The van der Waals surface area contributed by atoms with Crippen molar-refractivity contribution in [3.05, 3.63) is 188 Å². The molecule has 0 aliphatic carbocycles. The molecule has 12 rings (SSSR count). The normalized spacial score (nSPS) is 11.9. The van der Waals surface area contributed by atoms with Gasteiger partial charge in [0.05, 0.1) is 33.6 Å². The van der Waals surface area contributed by atoms with E-state index < -0.39 is 0 Å². The molecule has 4 heterocycles. The number of aromatic nitrogens is 3. The van der Waals surface area contributed by atoms with Gasteiger partial charge in [-0.2, -0.15) is 0 Å². The SMILES string of the molecule is c1ccc(-c2ccc3ccc4ccc(-c5ccc(-c6ccc7oc8c(ccc9c(-c%10ccccc%10)nc%10ccccc%10c98)c7c6)c6ccccc56)nc4c3n2)cc1. The first-order valence-corrected chi connectivity index (χ1v) is 19.3. The van der Waals surface area contributed by atoms with Crippen LogP contribution < -0.4 is 0 Å². The predicted octanol–water partition coefficient (Wildman–Crippen LogP) is 14.2. The van der Waals surface area contributed by atoms with Crippen LogP contribution in [-0.4, -0.2) is 15.0 Å². The molecule has 0 fully saturated rings. The first kappa shape index (κ1) is 31.6. The lowest BCUT2D eigenvalue weighted by atomic mass is 9.92. The van der Waals surface area contributed by atoms with Gasteiger partial charge in [-0.25, -0.2) is 15.0 Å². The second-order valence-corrected chi connectivity index (χ2v) is 14.7. The Morgan fingerprint density at radius 3 is 1.72 bits per heavy atom. The van der Waals surface area contributed by atoms with E-state index in [1.54, 1.807) is 0 Å². The molecule has 0 radical (unpaired) electrons. The van der Waals surface area contributed by atoms with Crippen LogP contribution in [0.15, 0.2) is 192 Å². The zero-order valence-electron chi connectivity index (χ0n) is 30.6. The largest absolute Gasteiger partial charge is 0.455 e. The molecule has 12 aromatic rings. The van der Waals surface area contributed by atoms with Crippen molar-refractivity contribution in [3.8, 4) is 44.9 Å². The summed E-state index contributed by atoms with van der Waals surface area (Å²) in [5.74, 6) is 0. The molecule has 0 atom stereocenters. The van der Waals surface area contributed by atoms with E-state index in [4.69, 9.17) is 19.4 Å². The average molecular weight is 726 g/mol. The number of benzene rings is 8. The van der Waals surface area contributed by atoms with E-state index in [0.29, 0.717) is 0 Å². The second kappa shape index (κ2) is 12.4. The van der Waals surface area contributed by atoms with Crippen molar-refractivity contribution in [1.29, 1.82) is 0 Å². The third-order valence-corrected chi connectivity index (χ3v) is 11.4. The van der Waals surface area contributed by atoms with Gasteiger partial charge in [-0.3, -0.25) is 0 Å². The summed E-state index contributed by atoms with van der Waals surface area (Å²) < 4.78 is 6.78. The zero-order chi connectivity index (χ0) is 37.5. The topological polar surface area (TPSA) is 51.8 Å². The molecule has 57 heavy (non-hydrogen) atoms. The van der Waals surface area contributed by atoms with Gasteiger partial charge >= 0.3 is 0 Å². The molecular weight excluding hydrogens is 695 g/mol. The van der Waals surface area contributed by atoms with Crippen LogP contribution in [0.1, 0.15) is 0 Å². The minimum absolute atomic E-state index is 0.862. The first-order chi connectivity index (χ1) is 28.2. The summed E-state index contributed by atoms with van der Waals surface area (Å²) in [6.07, 6.45) is 0. The second-order valence-electron chi connectivity index (χ2n) is 14.7. The lowest BCUT2D eigenvalue weighted by Gasteiger charge is -2.13. The Morgan fingerprint density at radius 2 is 0.947 bits per heavy atom. The van der Waals surface area contributed by atoms with E-state index in [2.05, 4.69) is 158 Å². The van der Waals surface area contributed by atoms with Crippen LogP contribution in [-0.2, 0) is 0 Å². The molecule has 0 aliphatic rings. The lowest BCUT2D eigenvalue weighted by molar-refractivity contribution is 0.673. The maximum Gasteiger partial charge on any atom is 0.144 e. The van der Waals surface area contributed by atoms with Crippen LogP contribution in [0.3, 0.4) is 0 Å². The van der Waals surface area contributed by atoms with Crippen molar-refractivity contribution < 1.29 is 4.42 Å². The van der Waals surface area contributed by atoms with Gasteiger partial charge in [0.2, 0.25) is 0 Å². The highest BCUT2D eigenvalue weighted by molar-refractivity contribution is 6.25. The molecule has 0 saturated heterocycles. The van der Waals surface area contributed by atoms with Crippen LogP contribution in [0.2, 0.25) is 0 Å². The Labute approximate surface area is 327 Å². The number of hydrogen-bond donors (Lipinski definition) is 0. The van der Waals surface area contributed by atoms with Crippen LogP contribution in [0.4, 0.5) is 0 Å². The molecular formula is C53H31N3O. The summed E-state index contributed by atoms with van der Waals surface area (Å²) in [5, 5.41) is 9.89. The Hall–Kier alpha value is -7.69. The summed E-state index contributed by atoms with van der Waals surface area (Å²) in [4.78, 5) is 15.6. The Kier molecular flexibility index (Phi) is 6.89. The third-order valence-electron chi connectivity index (χ3n) is 11.4. The molecule has 0 N–H and O–H groups in total. The summed E-state index contributed by atoms with van der Waals surface area (Å²) in [7, 11) is 0. The summed E-state index contributed by atoms with van der Waals surface area (Å²) in [5.41, 5.74) is 12.9. The minimum Gasteiger partial charge on any atom is -0.455 e. The number of para-hydroxylation sites is 1. The molecule has 0 aliphatic heterocycles. The summed E-state index contributed by atoms with van der Waals surface area (Å²) in [6.45, 7) is 0. The van der Waals surface area contributed by atoms with Crippen LogP contribution >= 0.6 is 0 Å². The monoisotopic (exact) mass is 725 g/mol. The van der Waals surface area contributed by atoms with Crippen molar-refractivity contribution in [2.24, 2.45) is 0 Å². The number of pyridine rings is 3. The minimum atomic E-state index is 0.862. The molecule has 0 spiro atoms. The standard InChI is InChI=1S/C53H31N3O/c1-3-11-32(12-4-1)45-28-21-34-19-20-35-22-29-47(56-52(35)51(34)54-45)40-25-24-37(38-15-7-8-16-39(38)40)36-23-30-48-44(31-36)41-26-27-43-49(53(41)57-48)42-17-9-10-18-46(42)55-50(43)33-13-5-2-6-14-33/h1-31H. The van der Waals surface area contributed by atoms with Crippen molar-refractivity contribution >= 4 is 76.2 Å².